The van der Waals surface area contributed by atoms with Crippen LogP contribution in [0, 0.1) is 38.1 Å². The van der Waals surface area contributed by atoms with E-state index in [4.69, 9.17) is 28.4 Å². The summed E-state index contributed by atoms with van der Waals surface area (Å²) in [5, 5.41) is 20.6. The first-order valence-corrected chi connectivity index (χ1v) is 18.6. The van der Waals surface area contributed by atoms with Crippen LogP contribution >= 0.6 is 22.6 Å². The van der Waals surface area contributed by atoms with E-state index in [2.05, 4.69) is 49.4 Å². The van der Waals surface area contributed by atoms with Gasteiger partial charge in [-0.1, -0.05) is 72.3 Å². The molecular weight excluding hydrogens is 755 g/mol. The molecule has 2 aliphatic heterocycles. The average molecular weight is 813 g/mol. The number of phenols is 1. The molecule has 2 atom stereocenters. The van der Waals surface area contributed by atoms with Gasteiger partial charge in [0.15, 0.2) is 12.6 Å². The minimum atomic E-state index is -0.580. The fraction of sp³-hybridized carbons (Fsp3) is 0.692. The number of aromatic hydroxyl groups is 1. The molecule has 10 nitrogen and oxygen atoms in total. The second-order valence-corrected chi connectivity index (χ2v) is 18.1. The zero-order valence-electron chi connectivity index (χ0n) is 31.2. The molecule has 2 saturated heterocycles. The highest BCUT2D eigenvalue weighted by atomic mass is 127. The summed E-state index contributed by atoms with van der Waals surface area (Å²) in [5.41, 5.74) is 2.00. The third kappa shape index (κ3) is 10.5. The number of phenolic OH excluding ortho intramolecular Hbond substituents is 1. The van der Waals surface area contributed by atoms with Crippen molar-refractivity contribution < 1.29 is 48.2 Å². The van der Waals surface area contributed by atoms with Gasteiger partial charge in [-0.3, -0.25) is 9.59 Å². The zero-order chi connectivity index (χ0) is 37.1. The molecule has 2 unspecified atom stereocenters. The highest BCUT2D eigenvalue weighted by molar-refractivity contribution is 14.1. The van der Waals surface area contributed by atoms with Crippen LogP contribution in [0.15, 0.2) is 35.4 Å². The molecule has 2 N–H and O–H groups in total. The Bertz CT molecular complexity index is 1400. The van der Waals surface area contributed by atoms with Gasteiger partial charge in [-0.25, -0.2) is 0 Å². The van der Waals surface area contributed by atoms with Crippen molar-refractivity contribution in [1.82, 2.24) is 0 Å². The molecule has 280 valence electrons. The van der Waals surface area contributed by atoms with Crippen molar-refractivity contribution in [3.63, 3.8) is 0 Å². The summed E-state index contributed by atoms with van der Waals surface area (Å²) in [5.74, 6) is -0.327. The first kappa shape index (κ1) is 40.7. The summed E-state index contributed by atoms with van der Waals surface area (Å²) in [6.45, 7) is 19.7. The van der Waals surface area contributed by atoms with Crippen LogP contribution in [0.3, 0.4) is 0 Å². The number of aryl methyl sites for hydroxylation is 2. The monoisotopic (exact) mass is 812 g/mol. The first-order chi connectivity index (χ1) is 23.2. The number of benzene rings is 1. The summed E-state index contributed by atoms with van der Waals surface area (Å²) in [7, 11) is 0. The summed E-state index contributed by atoms with van der Waals surface area (Å²) in [6.07, 6.45) is 3.98. The van der Waals surface area contributed by atoms with E-state index in [-0.39, 0.29) is 55.1 Å². The predicted octanol–water partition coefficient (Wildman–Crippen LogP) is 6.80. The van der Waals surface area contributed by atoms with Gasteiger partial charge in [0.25, 0.3) is 0 Å². The quantitative estimate of drug-likeness (QED) is 0.172. The van der Waals surface area contributed by atoms with Gasteiger partial charge in [0, 0.05) is 29.6 Å². The number of ether oxygens (including phenoxy) is 6. The van der Waals surface area contributed by atoms with Gasteiger partial charge in [-0.05, 0) is 77.5 Å². The lowest BCUT2D eigenvalue weighted by atomic mass is 9.72. The van der Waals surface area contributed by atoms with E-state index < -0.39 is 34.9 Å². The normalized spacial score (nSPS) is 26.3. The Morgan fingerprint density at radius 1 is 0.840 bits per heavy atom. The van der Waals surface area contributed by atoms with Crippen molar-refractivity contribution >= 4 is 34.5 Å². The molecule has 11 heteroatoms. The lowest BCUT2D eigenvalue weighted by Gasteiger charge is -2.48. The Kier molecular flexibility index (Phi) is 13.3. The summed E-state index contributed by atoms with van der Waals surface area (Å²) < 4.78 is 36.7. The molecule has 2 fully saturated rings. The molecular formula is C39H57IO10. The second kappa shape index (κ2) is 16.3. The molecule has 1 spiro atoms. The number of hydrogen-bond acceptors (Lipinski definition) is 10. The number of aliphatic hydroxyl groups is 1. The third-order valence-electron chi connectivity index (χ3n) is 9.81. The van der Waals surface area contributed by atoms with Crippen molar-refractivity contribution in [2.24, 2.45) is 27.6 Å². The summed E-state index contributed by atoms with van der Waals surface area (Å²) in [4.78, 5) is 25.3. The highest BCUT2D eigenvalue weighted by Crippen LogP contribution is 2.40. The standard InChI is InChI=1S/C39H57IO10/c1-24-14-26(16-28(32(24)43)36(3,4)5)10-12-30(41)45-18-37(6,7)34-47-20-39(21-48-34)22-49-35(50-23-39)38(8,9)19-46-31(42)13-11-27-15-25(2)33(44)29(40)17-27/h14-17,28,32,34-35,43-44H,10-13,18-23H2,1-9H3. The van der Waals surface area contributed by atoms with Gasteiger partial charge < -0.3 is 38.6 Å². The van der Waals surface area contributed by atoms with Crippen LogP contribution in [0.25, 0.3) is 0 Å². The van der Waals surface area contributed by atoms with E-state index in [0.29, 0.717) is 39.3 Å². The minimum Gasteiger partial charge on any atom is -0.507 e. The maximum absolute atomic E-state index is 12.7. The van der Waals surface area contributed by atoms with Gasteiger partial charge in [0.05, 0.1) is 41.5 Å². The Morgan fingerprint density at radius 2 is 1.32 bits per heavy atom. The lowest BCUT2D eigenvalue weighted by Crippen LogP contribution is -2.57. The zero-order valence-corrected chi connectivity index (χ0v) is 33.4. The molecule has 0 saturated carbocycles. The fourth-order valence-corrected chi connectivity index (χ4v) is 7.25. The minimum absolute atomic E-state index is 0.00816. The van der Waals surface area contributed by atoms with E-state index in [1.165, 1.54) is 0 Å². The topological polar surface area (TPSA) is 130 Å². The SMILES string of the molecule is CC1=CC(CCC(=O)OCC(C)(C)C2OCC3(CO2)COC(C(C)(C)COC(=O)CCc2cc(C)c(O)c(I)c2)OC3)=CC(C(C)(C)C)C1O. The number of carbonyl (C=O) groups excluding carboxylic acids is 2. The van der Waals surface area contributed by atoms with E-state index in [9.17, 15) is 19.8 Å². The number of halogens is 1. The van der Waals surface area contributed by atoms with Crippen LogP contribution in [0.5, 0.6) is 5.75 Å². The summed E-state index contributed by atoms with van der Waals surface area (Å²) >= 11 is 2.09. The molecule has 1 aromatic rings. The molecule has 3 aliphatic rings. The lowest BCUT2D eigenvalue weighted by molar-refractivity contribution is -0.337. The highest BCUT2D eigenvalue weighted by Gasteiger charge is 2.48. The van der Waals surface area contributed by atoms with E-state index in [0.717, 1.165) is 25.8 Å². The van der Waals surface area contributed by atoms with E-state index in [1.54, 1.807) is 0 Å². The van der Waals surface area contributed by atoms with Crippen molar-refractivity contribution in [2.75, 3.05) is 39.6 Å². The number of aliphatic hydroxyl groups excluding tert-OH is 1. The molecule has 0 bridgehead atoms. The molecule has 4 rings (SSSR count). The van der Waals surface area contributed by atoms with Gasteiger partial charge in [0.2, 0.25) is 0 Å². The molecule has 0 aromatic heterocycles. The predicted molar refractivity (Wildman–Crippen MR) is 197 cm³/mol. The van der Waals surface area contributed by atoms with Gasteiger partial charge >= 0.3 is 11.9 Å². The molecule has 1 aromatic carbocycles. The number of allylic oxidation sites excluding steroid dienone is 2. The van der Waals surface area contributed by atoms with E-state index >= 15 is 0 Å². The maximum atomic E-state index is 12.7. The smallest absolute Gasteiger partial charge is 0.306 e. The van der Waals surface area contributed by atoms with Crippen LogP contribution in [0.1, 0.15) is 85.8 Å². The molecule has 0 radical (unpaired) electrons. The number of hydrogen-bond donors (Lipinski definition) is 2. The largest absolute Gasteiger partial charge is 0.507 e. The number of rotatable bonds is 12. The average Bonchev–Trinajstić information content (AvgIpc) is 3.04. The Balaban J connectivity index is 1.17. The molecule has 0 amide bonds. The van der Waals surface area contributed by atoms with Crippen molar-refractivity contribution in [2.45, 2.75) is 107 Å². The second-order valence-electron chi connectivity index (χ2n) is 16.9. The van der Waals surface area contributed by atoms with Gasteiger partial charge in [-0.15, -0.1) is 0 Å². The van der Waals surface area contributed by atoms with Crippen LogP contribution in [0.4, 0.5) is 0 Å². The van der Waals surface area contributed by atoms with Crippen molar-refractivity contribution in [3.05, 3.63) is 50.1 Å². The van der Waals surface area contributed by atoms with Crippen molar-refractivity contribution in [3.8, 4) is 5.75 Å². The Labute approximate surface area is 311 Å². The van der Waals surface area contributed by atoms with Crippen molar-refractivity contribution in [1.29, 1.82) is 0 Å². The van der Waals surface area contributed by atoms with Crippen LogP contribution in [-0.2, 0) is 44.4 Å². The maximum Gasteiger partial charge on any atom is 0.306 e. The van der Waals surface area contributed by atoms with Crippen LogP contribution < -0.4 is 0 Å². The third-order valence-corrected chi connectivity index (χ3v) is 10.6. The summed E-state index contributed by atoms with van der Waals surface area (Å²) in [6, 6.07) is 3.76. The fourth-order valence-electron chi connectivity index (χ4n) is 6.43. The molecule has 1 aliphatic carbocycles. The Hall–Kier alpha value is -2.03. The number of esters is 2. The van der Waals surface area contributed by atoms with Gasteiger partial charge in [-0.2, -0.15) is 0 Å². The van der Waals surface area contributed by atoms with E-state index in [1.807, 2.05) is 59.8 Å². The molecule has 2 heterocycles. The molecule has 50 heavy (non-hydrogen) atoms. The van der Waals surface area contributed by atoms with Crippen LogP contribution in [-0.4, -0.2) is 80.5 Å². The number of carbonyl (C=O) groups is 2. The van der Waals surface area contributed by atoms with Gasteiger partial charge in [0.1, 0.15) is 19.0 Å². The first-order valence-electron chi connectivity index (χ1n) is 17.5. The Morgan fingerprint density at radius 3 is 1.78 bits per heavy atom. The van der Waals surface area contributed by atoms with Crippen LogP contribution in [0.2, 0.25) is 0 Å².